The Kier molecular flexibility index (Phi) is 4.41. The minimum atomic E-state index is -2.71. The summed E-state index contributed by atoms with van der Waals surface area (Å²) in [5.74, 6) is -3.31. The molecule has 2 N–H and O–H groups in total. The molecule has 1 spiro atoms. The van der Waals surface area contributed by atoms with Gasteiger partial charge in [0.05, 0.1) is 22.5 Å². The Morgan fingerprint density at radius 1 is 1.25 bits per heavy atom. The van der Waals surface area contributed by atoms with Crippen LogP contribution in [0, 0.1) is 6.92 Å². The zero-order valence-corrected chi connectivity index (χ0v) is 17.8. The minimum absolute atomic E-state index is 0.140. The molecule has 32 heavy (non-hydrogen) atoms. The quantitative estimate of drug-likeness (QED) is 0.618. The zero-order valence-electron chi connectivity index (χ0n) is 17.8. The molecule has 0 unspecified atom stereocenters. The van der Waals surface area contributed by atoms with E-state index in [-0.39, 0.29) is 30.0 Å². The smallest absolute Gasteiger partial charge is 0.337 e. The highest BCUT2D eigenvalue weighted by atomic mass is 19.3. The number of aromatic nitrogens is 2. The van der Waals surface area contributed by atoms with Crippen LogP contribution in [0.4, 0.5) is 14.5 Å². The highest BCUT2D eigenvalue weighted by molar-refractivity contribution is 5.94. The number of rotatable bonds is 4. The first-order chi connectivity index (χ1) is 15.1. The summed E-state index contributed by atoms with van der Waals surface area (Å²) in [5.41, 5.74) is 1.72. The van der Waals surface area contributed by atoms with Crippen LogP contribution < -0.4 is 10.9 Å². The molecule has 0 amide bonds. The molecule has 1 fully saturated rings. The molecule has 1 aliphatic carbocycles. The van der Waals surface area contributed by atoms with Crippen molar-refractivity contribution in [1.82, 2.24) is 9.55 Å². The molecule has 1 saturated carbocycles. The number of nitrogens with one attached hydrogen (secondary N) is 1. The number of aromatic carboxylic acids is 1. The van der Waals surface area contributed by atoms with Crippen LogP contribution in [0.3, 0.4) is 0 Å². The summed E-state index contributed by atoms with van der Waals surface area (Å²) >= 11 is 0. The van der Waals surface area contributed by atoms with Crippen LogP contribution >= 0.6 is 0 Å². The lowest BCUT2D eigenvalue weighted by molar-refractivity contribution is -0.127. The lowest BCUT2D eigenvalue weighted by Crippen LogP contribution is -2.49. The fourth-order valence-corrected chi connectivity index (χ4v) is 5.26. The number of alkyl halides is 2. The van der Waals surface area contributed by atoms with Gasteiger partial charge in [-0.25, -0.2) is 18.6 Å². The lowest BCUT2D eigenvalue weighted by Gasteiger charge is -2.43. The predicted octanol–water partition coefficient (Wildman–Crippen LogP) is 4.65. The molecule has 3 aromatic rings. The van der Waals surface area contributed by atoms with E-state index in [0.717, 1.165) is 11.1 Å². The number of fused-ring (bicyclic) bond motifs is 3. The number of anilines is 1. The van der Waals surface area contributed by atoms with Crippen molar-refractivity contribution in [3.05, 3.63) is 69.3 Å². The molecule has 8 heteroatoms. The maximum Gasteiger partial charge on any atom is 0.337 e. The number of aryl methyl sites for hydroxylation is 1. The van der Waals surface area contributed by atoms with Crippen molar-refractivity contribution >= 4 is 22.6 Å². The van der Waals surface area contributed by atoms with Crippen molar-refractivity contribution in [2.75, 3.05) is 5.32 Å². The molecular formula is C24H23F2N3O3. The Bertz CT molecular complexity index is 1320. The molecule has 166 valence electrons. The van der Waals surface area contributed by atoms with Crippen LogP contribution in [-0.4, -0.2) is 26.5 Å². The number of hydrogen-bond donors (Lipinski definition) is 2. The normalized spacial score (nSPS) is 18.9. The molecule has 0 radical (unpaired) electrons. The molecule has 1 atom stereocenters. The number of carbonyl (C=O) groups is 1. The maximum absolute atomic E-state index is 13.8. The molecule has 0 saturated heterocycles. The van der Waals surface area contributed by atoms with E-state index in [0.29, 0.717) is 35.4 Å². The first-order valence-electron chi connectivity index (χ1n) is 10.6. The van der Waals surface area contributed by atoms with E-state index in [1.54, 1.807) is 28.8 Å². The van der Waals surface area contributed by atoms with Gasteiger partial charge in [0.2, 0.25) is 5.92 Å². The molecule has 2 heterocycles. The molecule has 1 aliphatic heterocycles. The van der Waals surface area contributed by atoms with Gasteiger partial charge in [-0.05, 0) is 44.0 Å². The van der Waals surface area contributed by atoms with Gasteiger partial charge in [0.1, 0.15) is 5.82 Å². The first kappa shape index (κ1) is 20.6. The third-order valence-corrected chi connectivity index (χ3v) is 6.71. The van der Waals surface area contributed by atoms with Gasteiger partial charge in [-0.2, -0.15) is 0 Å². The van der Waals surface area contributed by atoms with Gasteiger partial charge in [0.25, 0.3) is 5.56 Å². The lowest BCUT2D eigenvalue weighted by atomic mass is 9.65. The second-order valence-corrected chi connectivity index (χ2v) is 9.10. The summed E-state index contributed by atoms with van der Waals surface area (Å²) < 4.78 is 29.1. The number of halogens is 2. The fourth-order valence-electron chi connectivity index (χ4n) is 5.26. The van der Waals surface area contributed by atoms with E-state index in [1.807, 2.05) is 19.9 Å². The predicted molar refractivity (Wildman–Crippen MR) is 117 cm³/mol. The van der Waals surface area contributed by atoms with Gasteiger partial charge in [0.15, 0.2) is 0 Å². The molecular weight excluding hydrogens is 416 g/mol. The van der Waals surface area contributed by atoms with E-state index in [9.17, 15) is 23.5 Å². The van der Waals surface area contributed by atoms with Crippen LogP contribution in [0.2, 0.25) is 0 Å². The van der Waals surface area contributed by atoms with Crippen LogP contribution in [0.25, 0.3) is 10.9 Å². The average molecular weight is 439 g/mol. The van der Waals surface area contributed by atoms with Crippen LogP contribution in [0.1, 0.15) is 59.5 Å². The third-order valence-electron chi connectivity index (χ3n) is 6.71. The van der Waals surface area contributed by atoms with E-state index in [4.69, 9.17) is 4.98 Å². The number of carboxylic acid groups (broad SMARTS) is 1. The summed E-state index contributed by atoms with van der Waals surface area (Å²) in [5, 5.41) is 13.2. The third kappa shape index (κ3) is 3.08. The van der Waals surface area contributed by atoms with Gasteiger partial charge < -0.3 is 10.4 Å². The maximum atomic E-state index is 13.8. The van der Waals surface area contributed by atoms with Crippen LogP contribution in [0.15, 0.2) is 41.2 Å². The summed E-state index contributed by atoms with van der Waals surface area (Å²) in [6.07, 6.45) is -0.0624. The van der Waals surface area contributed by atoms with E-state index in [1.165, 1.54) is 6.07 Å². The standard InChI is InChI=1S/C24H23F2N3O3/c1-13-9-16(14(2)27-18-6-4-3-5-15(18)21(31)32)19-17(10-13)20(30)29-8-7-23(22(29)28-19)11-24(25,26)12-23/h3-6,9-10,14,27H,7-8,11-12H2,1-2H3,(H,31,32)/t14-/m1/s1. The highest BCUT2D eigenvalue weighted by Crippen LogP contribution is 2.57. The van der Waals surface area contributed by atoms with E-state index < -0.39 is 17.3 Å². The van der Waals surface area contributed by atoms with Gasteiger partial charge >= 0.3 is 5.97 Å². The Morgan fingerprint density at radius 2 is 1.97 bits per heavy atom. The fraction of sp³-hybridized carbons (Fsp3) is 0.375. The zero-order chi connectivity index (χ0) is 22.8. The molecule has 1 aromatic heterocycles. The van der Waals surface area contributed by atoms with Crippen molar-refractivity contribution < 1.29 is 18.7 Å². The number of carboxylic acids is 1. The SMILES string of the molecule is Cc1cc([C@@H](C)Nc2ccccc2C(=O)O)c2nc3n(c(=O)c2c1)CCC31CC(F)(F)C1. The monoisotopic (exact) mass is 439 g/mol. The van der Waals surface area contributed by atoms with Gasteiger partial charge in [-0.3, -0.25) is 9.36 Å². The number of benzene rings is 2. The Labute approximate surface area is 182 Å². The first-order valence-corrected chi connectivity index (χ1v) is 10.6. The van der Waals surface area contributed by atoms with Crippen LogP contribution in [0.5, 0.6) is 0 Å². The van der Waals surface area contributed by atoms with Crippen LogP contribution in [-0.2, 0) is 12.0 Å². The molecule has 2 aromatic carbocycles. The van der Waals surface area contributed by atoms with Crippen molar-refractivity contribution in [1.29, 1.82) is 0 Å². The minimum Gasteiger partial charge on any atom is -0.478 e. The topological polar surface area (TPSA) is 84.2 Å². The van der Waals surface area contributed by atoms with Crippen molar-refractivity contribution in [3.63, 3.8) is 0 Å². The highest BCUT2D eigenvalue weighted by Gasteiger charge is 2.61. The summed E-state index contributed by atoms with van der Waals surface area (Å²) in [6.45, 7) is 4.15. The van der Waals surface area contributed by atoms with E-state index in [2.05, 4.69) is 5.32 Å². The Balaban J connectivity index is 1.63. The number of hydrogen-bond acceptors (Lipinski definition) is 4. The van der Waals surface area contributed by atoms with Gasteiger partial charge in [-0.15, -0.1) is 0 Å². The molecule has 0 bridgehead atoms. The second kappa shape index (κ2) is 6.85. The summed E-state index contributed by atoms with van der Waals surface area (Å²) in [7, 11) is 0. The molecule has 6 nitrogen and oxygen atoms in total. The van der Waals surface area contributed by atoms with Crippen molar-refractivity contribution in [2.45, 2.75) is 57.0 Å². The number of para-hydroxylation sites is 1. The summed E-state index contributed by atoms with van der Waals surface area (Å²) in [4.78, 5) is 29.7. The van der Waals surface area contributed by atoms with Gasteiger partial charge in [0, 0.05) is 36.1 Å². The van der Waals surface area contributed by atoms with Crippen molar-refractivity contribution in [2.24, 2.45) is 0 Å². The van der Waals surface area contributed by atoms with Crippen molar-refractivity contribution in [3.8, 4) is 0 Å². The summed E-state index contributed by atoms with van der Waals surface area (Å²) in [6, 6.07) is 9.92. The Hall–Kier alpha value is -3.29. The Morgan fingerprint density at radius 3 is 2.66 bits per heavy atom. The second-order valence-electron chi connectivity index (χ2n) is 9.10. The molecule has 5 rings (SSSR count). The van der Waals surface area contributed by atoms with E-state index >= 15 is 0 Å². The average Bonchev–Trinajstić information content (AvgIpc) is 3.06. The molecule has 2 aliphatic rings. The van der Waals surface area contributed by atoms with Gasteiger partial charge in [-0.1, -0.05) is 18.2 Å². The number of nitrogens with zero attached hydrogens (tertiary/aromatic N) is 2. The largest absolute Gasteiger partial charge is 0.478 e.